The largest absolute Gasteiger partial charge is 0.481 e. The van der Waals surface area contributed by atoms with E-state index in [2.05, 4.69) is 46.7 Å². The van der Waals surface area contributed by atoms with Gasteiger partial charge in [0.1, 0.15) is 0 Å². The van der Waals surface area contributed by atoms with Crippen LogP contribution in [-0.2, 0) is 17.9 Å². The second kappa shape index (κ2) is 10.0. The quantitative estimate of drug-likeness (QED) is 0.632. The third-order valence-electron chi connectivity index (χ3n) is 4.66. The fourth-order valence-electron chi connectivity index (χ4n) is 3.08. The van der Waals surface area contributed by atoms with E-state index in [9.17, 15) is 9.59 Å². The summed E-state index contributed by atoms with van der Waals surface area (Å²) in [5.74, 6) is -0.846. The van der Waals surface area contributed by atoms with Crippen molar-refractivity contribution in [1.29, 1.82) is 0 Å². The van der Waals surface area contributed by atoms with Gasteiger partial charge >= 0.3 is 12.0 Å². The molecule has 25 heavy (non-hydrogen) atoms. The van der Waals surface area contributed by atoms with E-state index in [0.717, 1.165) is 12.1 Å². The van der Waals surface area contributed by atoms with Crippen LogP contribution in [0.2, 0.25) is 0 Å². The summed E-state index contributed by atoms with van der Waals surface area (Å²) in [6.07, 6.45) is 4.40. The third kappa shape index (κ3) is 7.13. The number of aliphatic carboxylic acids is 1. The molecule has 138 valence electrons. The van der Waals surface area contributed by atoms with Crippen LogP contribution < -0.4 is 10.6 Å². The highest BCUT2D eigenvalue weighted by atomic mass is 16.4. The third-order valence-corrected chi connectivity index (χ3v) is 4.66. The van der Waals surface area contributed by atoms with Crippen LogP contribution in [0.3, 0.4) is 0 Å². The first-order valence-electron chi connectivity index (χ1n) is 9.10. The molecule has 0 bridgehead atoms. The number of carboxylic acid groups (broad SMARTS) is 1. The van der Waals surface area contributed by atoms with Gasteiger partial charge in [-0.2, -0.15) is 0 Å². The average Bonchev–Trinajstić information content (AvgIpc) is 2.60. The summed E-state index contributed by atoms with van der Waals surface area (Å²) in [5, 5.41) is 14.0. The summed E-state index contributed by atoms with van der Waals surface area (Å²) in [6.45, 7) is 5.29. The van der Waals surface area contributed by atoms with Crippen molar-refractivity contribution in [2.24, 2.45) is 0 Å². The molecule has 1 aliphatic rings. The Kier molecular flexibility index (Phi) is 7.73. The molecule has 1 aliphatic heterocycles. The normalized spacial score (nSPS) is 17.9. The van der Waals surface area contributed by atoms with Crippen molar-refractivity contribution >= 4 is 12.0 Å². The predicted octanol–water partition coefficient (Wildman–Crippen LogP) is 2.73. The van der Waals surface area contributed by atoms with Gasteiger partial charge in [0.2, 0.25) is 0 Å². The monoisotopic (exact) mass is 347 g/mol. The highest BCUT2D eigenvalue weighted by molar-refractivity contribution is 5.73. The van der Waals surface area contributed by atoms with Gasteiger partial charge in [-0.1, -0.05) is 30.7 Å². The van der Waals surface area contributed by atoms with Gasteiger partial charge in [-0.25, -0.2) is 4.79 Å². The number of likely N-dealkylation sites (tertiary alicyclic amines) is 1. The number of urea groups is 1. The summed E-state index contributed by atoms with van der Waals surface area (Å²) in [7, 11) is 0. The topological polar surface area (TPSA) is 81.7 Å². The number of hydrogen-bond acceptors (Lipinski definition) is 3. The van der Waals surface area contributed by atoms with Crippen LogP contribution in [0.1, 0.15) is 50.2 Å². The number of nitrogens with one attached hydrogen (secondary N) is 2. The van der Waals surface area contributed by atoms with Crippen molar-refractivity contribution in [2.75, 3.05) is 13.1 Å². The Morgan fingerprint density at radius 2 is 1.88 bits per heavy atom. The van der Waals surface area contributed by atoms with E-state index in [0.29, 0.717) is 25.6 Å². The van der Waals surface area contributed by atoms with Crippen LogP contribution in [0.25, 0.3) is 0 Å². The Bertz CT molecular complexity index is 560. The molecule has 1 saturated heterocycles. The van der Waals surface area contributed by atoms with Gasteiger partial charge in [-0.05, 0) is 43.9 Å². The summed E-state index contributed by atoms with van der Waals surface area (Å²) in [4.78, 5) is 24.6. The molecule has 0 aromatic heterocycles. The van der Waals surface area contributed by atoms with Crippen LogP contribution in [0.4, 0.5) is 4.79 Å². The van der Waals surface area contributed by atoms with Crippen molar-refractivity contribution in [3.63, 3.8) is 0 Å². The molecule has 3 N–H and O–H groups in total. The Morgan fingerprint density at radius 3 is 2.56 bits per heavy atom. The van der Waals surface area contributed by atoms with Crippen LogP contribution >= 0.6 is 0 Å². The second-order valence-corrected chi connectivity index (χ2v) is 6.74. The molecule has 6 heteroatoms. The summed E-state index contributed by atoms with van der Waals surface area (Å²) < 4.78 is 0. The molecule has 0 radical (unpaired) electrons. The smallest absolute Gasteiger partial charge is 0.315 e. The van der Waals surface area contributed by atoms with Crippen molar-refractivity contribution in [3.05, 3.63) is 35.4 Å². The van der Waals surface area contributed by atoms with Gasteiger partial charge in [-0.15, -0.1) is 0 Å². The van der Waals surface area contributed by atoms with E-state index in [1.807, 2.05) is 0 Å². The SMILES string of the molecule is CC1CCCCN1Cc1ccc(CNC(=O)NCCCC(=O)O)cc1. The van der Waals surface area contributed by atoms with Crippen molar-refractivity contribution in [3.8, 4) is 0 Å². The van der Waals surface area contributed by atoms with Crippen LogP contribution in [0.15, 0.2) is 24.3 Å². The standard InChI is InChI=1S/C19H29N3O3/c1-15-5-2-3-12-22(15)14-17-9-7-16(8-10-17)13-21-19(25)20-11-4-6-18(23)24/h7-10,15H,2-6,11-14H2,1H3,(H,23,24)(H2,20,21,25). The fraction of sp³-hybridized carbons (Fsp3) is 0.579. The highest BCUT2D eigenvalue weighted by Gasteiger charge is 2.17. The Morgan fingerprint density at radius 1 is 1.16 bits per heavy atom. The molecule has 0 spiro atoms. The van der Waals surface area contributed by atoms with Gasteiger partial charge in [0.15, 0.2) is 0 Å². The molecule has 0 aliphatic carbocycles. The minimum atomic E-state index is -0.846. The lowest BCUT2D eigenvalue weighted by Gasteiger charge is -2.33. The zero-order valence-corrected chi connectivity index (χ0v) is 15.0. The molecule has 1 fully saturated rings. The lowest BCUT2D eigenvalue weighted by atomic mass is 10.0. The number of carbonyl (C=O) groups excluding carboxylic acids is 1. The van der Waals surface area contributed by atoms with Crippen LogP contribution in [-0.4, -0.2) is 41.1 Å². The molecule has 6 nitrogen and oxygen atoms in total. The van der Waals surface area contributed by atoms with Crippen molar-refractivity contribution in [1.82, 2.24) is 15.5 Å². The maximum atomic E-state index is 11.7. The van der Waals surface area contributed by atoms with Crippen molar-refractivity contribution < 1.29 is 14.7 Å². The number of rotatable bonds is 8. The molecular weight excluding hydrogens is 318 g/mol. The number of nitrogens with zero attached hydrogens (tertiary/aromatic N) is 1. The molecule has 1 aromatic carbocycles. The molecule has 2 amide bonds. The van der Waals surface area contributed by atoms with E-state index in [4.69, 9.17) is 5.11 Å². The second-order valence-electron chi connectivity index (χ2n) is 6.74. The Labute approximate surface area is 149 Å². The molecule has 0 saturated carbocycles. The molecule has 1 heterocycles. The van der Waals surface area contributed by atoms with Gasteiger partial charge in [-0.3, -0.25) is 9.69 Å². The first kappa shape index (κ1) is 19.2. The van der Waals surface area contributed by atoms with Gasteiger partial charge < -0.3 is 15.7 Å². The average molecular weight is 347 g/mol. The lowest BCUT2D eigenvalue weighted by Crippen LogP contribution is -2.36. The maximum Gasteiger partial charge on any atom is 0.315 e. The van der Waals surface area contributed by atoms with Crippen molar-refractivity contribution in [2.45, 2.75) is 58.2 Å². The van der Waals surface area contributed by atoms with E-state index in [1.54, 1.807) is 0 Å². The first-order valence-corrected chi connectivity index (χ1v) is 9.10. The van der Waals surface area contributed by atoms with E-state index in [1.165, 1.54) is 31.4 Å². The zero-order valence-electron chi connectivity index (χ0n) is 15.0. The summed E-state index contributed by atoms with van der Waals surface area (Å²) in [6, 6.07) is 8.74. The van der Waals surface area contributed by atoms with Gasteiger partial charge in [0.25, 0.3) is 0 Å². The number of piperidine rings is 1. The Hall–Kier alpha value is -2.08. The summed E-state index contributed by atoms with van der Waals surface area (Å²) >= 11 is 0. The lowest BCUT2D eigenvalue weighted by molar-refractivity contribution is -0.137. The van der Waals surface area contributed by atoms with Crippen LogP contribution in [0, 0.1) is 0 Å². The molecule has 1 unspecified atom stereocenters. The Balaban J connectivity index is 1.69. The fourth-order valence-corrected chi connectivity index (χ4v) is 3.08. The van der Waals surface area contributed by atoms with Gasteiger partial charge in [0, 0.05) is 32.1 Å². The molecule has 2 rings (SSSR count). The minimum absolute atomic E-state index is 0.0668. The minimum Gasteiger partial charge on any atom is -0.481 e. The van der Waals surface area contributed by atoms with Gasteiger partial charge in [0.05, 0.1) is 0 Å². The maximum absolute atomic E-state index is 11.7. The number of benzene rings is 1. The highest BCUT2D eigenvalue weighted by Crippen LogP contribution is 2.19. The zero-order chi connectivity index (χ0) is 18.1. The number of hydrogen-bond donors (Lipinski definition) is 3. The van der Waals surface area contributed by atoms with Crippen LogP contribution in [0.5, 0.6) is 0 Å². The molecule has 1 aromatic rings. The van der Waals surface area contributed by atoms with E-state index in [-0.39, 0.29) is 12.5 Å². The molecule has 1 atom stereocenters. The number of amides is 2. The summed E-state index contributed by atoms with van der Waals surface area (Å²) in [5.41, 5.74) is 2.35. The van der Waals surface area contributed by atoms with E-state index >= 15 is 0 Å². The number of carboxylic acids is 1. The van der Waals surface area contributed by atoms with E-state index < -0.39 is 5.97 Å². The molecular formula is C19H29N3O3. The predicted molar refractivity (Wildman–Crippen MR) is 97.3 cm³/mol. The number of carbonyl (C=O) groups is 2. The first-order chi connectivity index (χ1) is 12.0.